The van der Waals surface area contributed by atoms with Gasteiger partial charge in [-0.15, -0.1) is 0 Å². The first-order chi connectivity index (χ1) is 5.97. The van der Waals surface area contributed by atoms with E-state index in [1.165, 1.54) is 12.8 Å². The number of hydrogen-bond donors (Lipinski definition) is 1. The van der Waals surface area contributed by atoms with Gasteiger partial charge in [-0.1, -0.05) is 32.9 Å². The summed E-state index contributed by atoms with van der Waals surface area (Å²) >= 11 is 0. The zero-order valence-electron chi connectivity index (χ0n) is 8.88. The van der Waals surface area contributed by atoms with Gasteiger partial charge in [-0.05, 0) is 30.6 Å². The Hall–Kier alpha value is -0.300. The van der Waals surface area contributed by atoms with Gasteiger partial charge in [-0.25, -0.2) is 0 Å². The summed E-state index contributed by atoms with van der Waals surface area (Å²) in [5, 5.41) is 10.1. The Bertz CT molecular complexity index is 242. The van der Waals surface area contributed by atoms with Crippen molar-refractivity contribution in [3.05, 3.63) is 12.2 Å². The zero-order chi connectivity index (χ0) is 9.69. The molecule has 0 radical (unpaired) electrons. The van der Waals surface area contributed by atoms with Crippen LogP contribution in [0.1, 0.15) is 40.0 Å². The van der Waals surface area contributed by atoms with Crippen molar-refractivity contribution in [3.63, 3.8) is 0 Å². The van der Waals surface area contributed by atoms with Crippen LogP contribution in [0.5, 0.6) is 0 Å². The average molecular weight is 180 g/mol. The molecule has 0 aromatic heterocycles. The van der Waals surface area contributed by atoms with E-state index in [1.54, 1.807) is 0 Å². The SMILES string of the molecule is CC1(C)C[C@H](O)[C@@]2(C)C=CCC[C@H]12. The molecule has 1 nitrogen and oxygen atoms in total. The molecular formula is C12H20O. The molecule has 2 aliphatic rings. The fourth-order valence-corrected chi connectivity index (χ4v) is 3.46. The van der Waals surface area contributed by atoms with Crippen molar-refractivity contribution in [2.75, 3.05) is 0 Å². The second-order valence-electron chi connectivity index (χ2n) is 5.61. The van der Waals surface area contributed by atoms with Gasteiger partial charge >= 0.3 is 0 Å². The molecule has 1 heteroatoms. The Kier molecular flexibility index (Phi) is 1.85. The molecule has 3 atom stereocenters. The standard InChI is InChI=1S/C12H20O/c1-11(2)8-10(13)12(3)7-5-4-6-9(11)12/h5,7,9-10,13H,4,6,8H2,1-3H3/t9-,10+,12+/m1/s1. The van der Waals surface area contributed by atoms with Gasteiger partial charge in [0.2, 0.25) is 0 Å². The van der Waals surface area contributed by atoms with Gasteiger partial charge in [0.1, 0.15) is 0 Å². The monoisotopic (exact) mass is 180 g/mol. The molecule has 0 spiro atoms. The summed E-state index contributed by atoms with van der Waals surface area (Å²) in [5.74, 6) is 0.667. The lowest BCUT2D eigenvalue weighted by molar-refractivity contribution is 0.0671. The summed E-state index contributed by atoms with van der Waals surface area (Å²) < 4.78 is 0. The van der Waals surface area contributed by atoms with E-state index in [1.807, 2.05) is 0 Å². The van der Waals surface area contributed by atoms with Crippen molar-refractivity contribution in [3.8, 4) is 0 Å². The zero-order valence-corrected chi connectivity index (χ0v) is 8.88. The molecule has 0 unspecified atom stereocenters. The van der Waals surface area contributed by atoms with Crippen molar-refractivity contribution >= 4 is 0 Å². The highest BCUT2D eigenvalue weighted by Crippen LogP contribution is 2.57. The maximum Gasteiger partial charge on any atom is 0.0636 e. The van der Waals surface area contributed by atoms with E-state index in [9.17, 15) is 5.11 Å². The van der Waals surface area contributed by atoms with Crippen LogP contribution in [0.25, 0.3) is 0 Å². The summed E-state index contributed by atoms with van der Waals surface area (Å²) in [7, 11) is 0. The Morgan fingerprint density at radius 3 is 2.62 bits per heavy atom. The van der Waals surface area contributed by atoms with Crippen molar-refractivity contribution in [2.45, 2.75) is 46.1 Å². The van der Waals surface area contributed by atoms with Crippen LogP contribution in [0.2, 0.25) is 0 Å². The Balaban J connectivity index is 2.38. The quantitative estimate of drug-likeness (QED) is 0.568. The summed E-state index contributed by atoms with van der Waals surface area (Å²) in [5.41, 5.74) is 0.376. The highest BCUT2D eigenvalue weighted by molar-refractivity contribution is 5.16. The molecule has 1 N–H and O–H groups in total. The van der Waals surface area contributed by atoms with E-state index in [-0.39, 0.29) is 11.5 Å². The summed E-state index contributed by atoms with van der Waals surface area (Å²) in [6, 6.07) is 0. The molecule has 0 aromatic rings. The first-order valence-electron chi connectivity index (χ1n) is 5.32. The lowest BCUT2D eigenvalue weighted by Gasteiger charge is -2.39. The molecule has 0 heterocycles. The van der Waals surface area contributed by atoms with Crippen molar-refractivity contribution in [2.24, 2.45) is 16.7 Å². The summed E-state index contributed by atoms with van der Waals surface area (Å²) in [6.45, 7) is 6.81. The summed E-state index contributed by atoms with van der Waals surface area (Å²) in [4.78, 5) is 0. The number of aliphatic hydroxyl groups excluding tert-OH is 1. The Labute approximate surface area is 80.8 Å². The van der Waals surface area contributed by atoms with Crippen LogP contribution < -0.4 is 0 Å². The minimum atomic E-state index is -0.135. The van der Waals surface area contributed by atoms with E-state index in [0.717, 1.165) is 6.42 Å². The Morgan fingerprint density at radius 2 is 2.00 bits per heavy atom. The highest BCUT2D eigenvalue weighted by atomic mass is 16.3. The van der Waals surface area contributed by atoms with Gasteiger partial charge in [0.05, 0.1) is 6.10 Å². The predicted molar refractivity (Wildman–Crippen MR) is 54.4 cm³/mol. The van der Waals surface area contributed by atoms with Crippen molar-refractivity contribution < 1.29 is 5.11 Å². The van der Waals surface area contributed by atoms with E-state index in [0.29, 0.717) is 11.3 Å². The number of rotatable bonds is 0. The second-order valence-corrected chi connectivity index (χ2v) is 5.61. The van der Waals surface area contributed by atoms with Gasteiger partial charge in [-0.2, -0.15) is 0 Å². The van der Waals surface area contributed by atoms with Gasteiger partial charge in [-0.3, -0.25) is 0 Å². The minimum absolute atomic E-state index is 0.0573. The number of hydrogen-bond acceptors (Lipinski definition) is 1. The van der Waals surface area contributed by atoms with E-state index >= 15 is 0 Å². The van der Waals surface area contributed by atoms with Crippen molar-refractivity contribution in [1.29, 1.82) is 0 Å². The third-order valence-corrected chi connectivity index (χ3v) is 4.23. The van der Waals surface area contributed by atoms with E-state index in [4.69, 9.17) is 0 Å². The molecule has 1 fully saturated rings. The third kappa shape index (κ3) is 1.17. The van der Waals surface area contributed by atoms with Gasteiger partial charge < -0.3 is 5.11 Å². The number of aliphatic hydroxyl groups is 1. The first kappa shape index (κ1) is 9.26. The average Bonchev–Trinajstić information content (AvgIpc) is 2.20. The molecule has 2 aliphatic carbocycles. The number of fused-ring (bicyclic) bond motifs is 1. The van der Waals surface area contributed by atoms with Crippen LogP contribution in [0.15, 0.2) is 12.2 Å². The smallest absolute Gasteiger partial charge is 0.0636 e. The molecule has 0 saturated heterocycles. The third-order valence-electron chi connectivity index (χ3n) is 4.23. The second kappa shape index (κ2) is 2.60. The van der Waals surface area contributed by atoms with Gasteiger partial charge in [0, 0.05) is 5.41 Å². The van der Waals surface area contributed by atoms with Crippen LogP contribution in [0, 0.1) is 16.7 Å². The van der Waals surface area contributed by atoms with Gasteiger partial charge in [0.25, 0.3) is 0 Å². The van der Waals surface area contributed by atoms with Crippen molar-refractivity contribution in [1.82, 2.24) is 0 Å². The highest BCUT2D eigenvalue weighted by Gasteiger charge is 2.54. The summed E-state index contributed by atoms with van der Waals surface area (Å²) in [6.07, 6.45) is 7.75. The fourth-order valence-electron chi connectivity index (χ4n) is 3.46. The van der Waals surface area contributed by atoms with Crippen LogP contribution in [-0.2, 0) is 0 Å². The minimum Gasteiger partial charge on any atom is -0.392 e. The normalized spacial score (nSPS) is 47.7. The molecule has 74 valence electrons. The van der Waals surface area contributed by atoms with Crippen LogP contribution >= 0.6 is 0 Å². The molecule has 0 aliphatic heterocycles. The van der Waals surface area contributed by atoms with Gasteiger partial charge in [0.15, 0.2) is 0 Å². The lowest BCUT2D eigenvalue weighted by Crippen LogP contribution is -2.34. The topological polar surface area (TPSA) is 20.2 Å². The largest absolute Gasteiger partial charge is 0.392 e. The van der Waals surface area contributed by atoms with Crippen LogP contribution in [0.4, 0.5) is 0 Å². The van der Waals surface area contributed by atoms with E-state index in [2.05, 4.69) is 32.9 Å². The molecular weight excluding hydrogens is 160 g/mol. The molecule has 2 rings (SSSR count). The maximum atomic E-state index is 10.1. The predicted octanol–water partition coefficient (Wildman–Crippen LogP) is 2.75. The maximum absolute atomic E-state index is 10.1. The van der Waals surface area contributed by atoms with Crippen LogP contribution in [0.3, 0.4) is 0 Å². The molecule has 0 amide bonds. The Morgan fingerprint density at radius 1 is 1.31 bits per heavy atom. The molecule has 0 aromatic carbocycles. The molecule has 1 saturated carbocycles. The lowest BCUT2D eigenvalue weighted by atomic mass is 9.66. The molecule has 0 bridgehead atoms. The van der Waals surface area contributed by atoms with E-state index < -0.39 is 0 Å². The molecule has 13 heavy (non-hydrogen) atoms. The fraction of sp³-hybridized carbons (Fsp3) is 0.833. The number of allylic oxidation sites excluding steroid dienone is 1. The van der Waals surface area contributed by atoms with Crippen LogP contribution in [-0.4, -0.2) is 11.2 Å². The first-order valence-corrected chi connectivity index (χ1v) is 5.32.